The first-order valence-corrected chi connectivity index (χ1v) is 8.36. The first-order chi connectivity index (χ1) is 10.6. The fraction of sp³-hybridized carbons (Fsp3) is 0.353. The summed E-state index contributed by atoms with van der Waals surface area (Å²) in [4.78, 5) is 22.1. The van der Waals surface area contributed by atoms with Gasteiger partial charge in [-0.3, -0.25) is 9.78 Å². The van der Waals surface area contributed by atoms with Crippen LogP contribution in [0.2, 0.25) is 0 Å². The Morgan fingerprint density at radius 2 is 2.09 bits per heavy atom. The molecule has 22 heavy (non-hydrogen) atoms. The van der Waals surface area contributed by atoms with Crippen LogP contribution in [0.4, 0.5) is 0 Å². The molecular weight excluding hydrogens is 296 g/mol. The molecule has 1 N–H and O–H groups in total. The Hall–Kier alpha value is -2.01. The van der Waals surface area contributed by atoms with Crippen LogP contribution < -0.4 is 0 Å². The van der Waals surface area contributed by atoms with Gasteiger partial charge >= 0.3 is 0 Å². The zero-order chi connectivity index (χ0) is 15.7. The molecule has 0 spiro atoms. The molecule has 1 aliphatic carbocycles. The van der Waals surface area contributed by atoms with Crippen molar-refractivity contribution in [2.75, 3.05) is 0 Å². The summed E-state index contributed by atoms with van der Waals surface area (Å²) in [7, 11) is 0. The second kappa shape index (κ2) is 6.01. The van der Waals surface area contributed by atoms with Crippen molar-refractivity contribution >= 4 is 22.9 Å². The van der Waals surface area contributed by atoms with Gasteiger partial charge in [-0.15, -0.1) is 11.3 Å². The number of fused-ring (bicyclic) bond motifs is 1. The van der Waals surface area contributed by atoms with Gasteiger partial charge < -0.3 is 5.11 Å². The predicted octanol–water partition coefficient (Wildman–Crippen LogP) is 3.76. The number of rotatable bonds is 3. The predicted molar refractivity (Wildman–Crippen MR) is 87.3 cm³/mol. The summed E-state index contributed by atoms with van der Waals surface area (Å²) in [5.41, 5.74) is 2.92. The molecule has 0 atom stereocenters. The van der Waals surface area contributed by atoms with E-state index in [1.165, 1.54) is 11.3 Å². The van der Waals surface area contributed by atoms with E-state index in [1.807, 2.05) is 26.0 Å². The quantitative estimate of drug-likeness (QED) is 0.692. The van der Waals surface area contributed by atoms with E-state index in [0.717, 1.165) is 29.2 Å². The highest BCUT2D eigenvalue weighted by molar-refractivity contribution is 7.14. The minimum Gasteiger partial charge on any atom is -0.507 e. The van der Waals surface area contributed by atoms with Gasteiger partial charge in [0, 0.05) is 23.0 Å². The number of thiazole rings is 1. The van der Waals surface area contributed by atoms with E-state index in [4.69, 9.17) is 0 Å². The fourth-order valence-electron chi connectivity index (χ4n) is 2.57. The molecule has 0 saturated carbocycles. The number of ketones is 1. The lowest BCUT2D eigenvalue weighted by Crippen LogP contribution is -2.14. The smallest absolute Gasteiger partial charge is 0.204 e. The van der Waals surface area contributed by atoms with E-state index in [1.54, 1.807) is 6.20 Å². The van der Waals surface area contributed by atoms with Crippen molar-refractivity contribution in [3.63, 3.8) is 0 Å². The van der Waals surface area contributed by atoms with Crippen molar-refractivity contribution in [1.82, 2.24) is 9.97 Å². The average Bonchev–Trinajstić information content (AvgIpc) is 2.99. The van der Waals surface area contributed by atoms with Crippen molar-refractivity contribution in [3.8, 4) is 0 Å². The Balaban J connectivity index is 1.98. The molecule has 0 aromatic carbocycles. The number of hydrogen-bond acceptors (Lipinski definition) is 5. The van der Waals surface area contributed by atoms with Crippen LogP contribution in [0.5, 0.6) is 0 Å². The SMILES string of the molecule is CCc1ccc(C(O)=C2CCc3nc(CC)sc3C2=O)cn1. The summed E-state index contributed by atoms with van der Waals surface area (Å²) in [6.07, 6.45) is 4.55. The lowest BCUT2D eigenvalue weighted by molar-refractivity contribution is 0.102. The van der Waals surface area contributed by atoms with Gasteiger partial charge in [0.05, 0.1) is 15.6 Å². The maximum absolute atomic E-state index is 12.6. The Morgan fingerprint density at radius 1 is 1.27 bits per heavy atom. The summed E-state index contributed by atoms with van der Waals surface area (Å²) in [6, 6.07) is 3.70. The summed E-state index contributed by atoms with van der Waals surface area (Å²) < 4.78 is 0. The Labute approximate surface area is 133 Å². The van der Waals surface area contributed by atoms with Gasteiger partial charge in [-0.25, -0.2) is 4.98 Å². The fourth-order valence-corrected chi connectivity index (χ4v) is 3.58. The van der Waals surface area contributed by atoms with Gasteiger partial charge in [0.2, 0.25) is 5.78 Å². The topological polar surface area (TPSA) is 63.1 Å². The molecular formula is C17H18N2O2S. The van der Waals surface area contributed by atoms with Crippen LogP contribution in [-0.2, 0) is 19.3 Å². The van der Waals surface area contributed by atoms with Crippen LogP contribution in [-0.4, -0.2) is 20.9 Å². The summed E-state index contributed by atoms with van der Waals surface area (Å²) >= 11 is 1.44. The number of Topliss-reactive ketones (excluding diaryl/α,β-unsaturated/α-hetero) is 1. The second-order valence-corrected chi connectivity index (χ2v) is 6.37. The lowest BCUT2D eigenvalue weighted by atomic mass is 9.93. The number of aryl methyl sites for hydroxylation is 3. The first kappa shape index (κ1) is 14.9. The number of nitrogens with zero attached hydrogens (tertiary/aromatic N) is 2. The van der Waals surface area contributed by atoms with Gasteiger partial charge in [0.25, 0.3) is 0 Å². The van der Waals surface area contributed by atoms with E-state index in [9.17, 15) is 9.90 Å². The molecule has 114 valence electrons. The van der Waals surface area contributed by atoms with E-state index in [-0.39, 0.29) is 11.5 Å². The van der Waals surface area contributed by atoms with Crippen LogP contribution in [0.15, 0.2) is 23.9 Å². The molecule has 2 aromatic rings. The number of hydrogen-bond donors (Lipinski definition) is 1. The molecule has 0 radical (unpaired) electrons. The molecule has 0 fully saturated rings. The van der Waals surface area contributed by atoms with E-state index < -0.39 is 0 Å². The Kier molecular flexibility index (Phi) is 4.07. The third-order valence-electron chi connectivity index (χ3n) is 3.88. The second-order valence-electron chi connectivity index (χ2n) is 5.29. The molecule has 4 nitrogen and oxygen atoms in total. The van der Waals surface area contributed by atoms with Crippen molar-refractivity contribution in [1.29, 1.82) is 0 Å². The van der Waals surface area contributed by atoms with Crippen LogP contribution in [0, 0.1) is 0 Å². The summed E-state index contributed by atoms with van der Waals surface area (Å²) in [5.74, 6) is -0.0345. The van der Waals surface area contributed by atoms with Crippen molar-refractivity contribution < 1.29 is 9.90 Å². The highest BCUT2D eigenvalue weighted by Crippen LogP contribution is 2.33. The number of carbonyl (C=O) groups is 1. The number of carbonyl (C=O) groups excluding carboxylic acids is 1. The van der Waals surface area contributed by atoms with Crippen LogP contribution in [0.1, 0.15) is 51.9 Å². The minimum absolute atomic E-state index is 0.0530. The third-order valence-corrected chi connectivity index (χ3v) is 5.12. The average molecular weight is 314 g/mol. The van der Waals surface area contributed by atoms with Gasteiger partial charge in [-0.2, -0.15) is 0 Å². The van der Waals surface area contributed by atoms with Gasteiger partial charge in [-0.1, -0.05) is 13.8 Å². The van der Waals surface area contributed by atoms with Crippen molar-refractivity contribution in [2.24, 2.45) is 0 Å². The number of allylic oxidation sites excluding steroid dienone is 1. The van der Waals surface area contributed by atoms with E-state index >= 15 is 0 Å². The van der Waals surface area contributed by atoms with E-state index in [0.29, 0.717) is 28.9 Å². The Bertz CT molecular complexity index is 745. The molecule has 0 unspecified atom stereocenters. The molecule has 5 heteroatoms. The Morgan fingerprint density at radius 3 is 2.73 bits per heavy atom. The first-order valence-electron chi connectivity index (χ1n) is 7.54. The molecule has 0 aliphatic heterocycles. The zero-order valence-electron chi connectivity index (χ0n) is 12.7. The largest absolute Gasteiger partial charge is 0.507 e. The number of aromatic nitrogens is 2. The minimum atomic E-state index is -0.0875. The van der Waals surface area contributed by atoms with Gasteiger partial charge in [0.15, 0.2) is 0 Å². The van der Waals surface area contributed by atoms with Crippen LogP contribution in [0.3, 0.4) is 0 Å². The highest BCUT2D eigenvalue weighted by Gasteiger charge is 2.28. The number of aliphatic hydroxyl groups is 1. The third kappa shape index (κ3) is 2.57. The summed E-state index contributed by atoms with van der Waals surface area (Å²) in [5, 5.41) is 11.5. The highest BCUT2D eigenvalue weighted by atomic mass is 32.1. The summed E-state index contributed by atoms with van der Waals surface area (Å²) in [6.45, 7) is 4.06. The molecule has 2 aromatic heterocycles. The molecule has 0 bridgehead atoms. The molecule has 0 saturated heterocycles. The molecule has 1 aliphatic rings. The molecule has 3 rings (SSSR count). The molecule has 0 amide bonds. The monoisotopic (exact) mass is 314 g/mol. The maximum atomic E-state index is 12.6. The normalized spacial score (nSPS) is 16.5. The zero-order valence-corrected chi connectivity index (χ0v) is 13.5. The van der Waals surface area contributed by atoms with Gasteiger partial charge in [-0.05, 0) is 37.8 Å². The number of pyridine rings is 1. The van der Waals surface area contributed by atoms with E-state index in [2.05, 4.69) is 9.97 Å². The van der Waals surface area contributed by atoms with Crippen LogP contribution in [0.25, 0.3) is 5.76 Å². The number of aliphatic hydroxyl groups excluding tert-OH is 1. The molecule has 2 heterocycles. The maximum Gasteiger partial charge on any atom is 0.204 e. The van der Waals surface area contributed by atoms with Crippen molar-refractivity contribution in [3.05, 3.63) is 50.7 Å². The lowest BCUT2D eigenvalue weighted by Gasteiger charge is -2.14. The van der Waals surface area contributed by atoms with Gasteiger partial charge in [0.1, 0.15) is 5.76 Å². The van der Waals surface area contributed by atoms with Crippen molar-refractivity contribution in [2.45, 2.75) is 39.5 Å². The van der Waals surface area contributed by atoms with Crippen LogP contribution >= 0.6 is 11.3 Å². The standard InChI is InChI=1S/C17H18N2O2S/c1-3-11-6-5-10(9-18-11)15(20)12-7-8-13-17(16(12)21)22-14(4-2)19-13/h5-6,9,20H,3-4,7-8H2,1-2H3.